The van der Waals surface area contributed by atoms with Gasteiger partial charge in [-0.1, -0.05) is 6.07 Å². The molecular weight excluding hydrogens is 278 g/mol. The second-order valence-corrected chi connectivity index (χ2v) is 6.24. The molecule has 0 radical (unpaired) electrons. The number of nitrogens with zero attached hydrogens (tertiary/aromatic N) is 2. The number of aliphatic hydroxyl groups is 1. The number of hydrogen-bond acceptors (Lipinski definition) is 3. The second kappa shape index (κ2) is 6.10. The number of amides is 1. The first kappa shape index (κ1) is 15.1. The predicted molar refractivity (Wildman–Crippen MR) is 86.9 cm³/mol. The molecule has 2 heterocycles. The van der Waals surface area contributed by atoms with Crippen molar-refractivity contribution in [3.8, 4) is 0 Å². The summed E-state index contributed by atoms with van der Waals surface area (Å²) in [4.78, 5) is 20.0. The van der Waals surface area contributed by atoms with E-state index < -0.39 is 0 Å². The fourth-order valence-corrected chi connectivity index (χ4v) is 3.22. The van der Waals surface area contributed by atoms with E-state index in [1.54, 1.807) is 6.92 Å². The maximum absolute atomic E-state index is 12.7. The molecule has 1 aromatic heterocycles. The molecule has 2 atom stereocenters. The summed E-state index contributed by atoms with van der Waals surface area (Å²) in [7, 11) is 0. The van der Waals surface area contributed by atoms with E-state index in [2.05, 4.69) is 16.8 Å². The van der Waals surface area contributed by atoms with Crippen molar-refractivity contribution in [3.63, 3.8) is 0 Å². The summed E-state index contributed by atoms with van der Waals surface area (Å²) in [5, 5.41) is 10.6. The molecule has 2 aromatic rings. The Hall–Kier alpha value is -1.85. The van der Waals surface area contributed by atoms with Gasteiger partial charge in [-0.2, -0.15) is 0 Å². The van der Waals surface area contributed by atoms with Crippen LogP contribution in [0, 0.1) is 0 Å². The fraction of sp³-hybridized carbons (Fsp3) is 0.471. The number of piperazine rings is 1. The third-order valence-electron chi connectivity index (χ3n) is 4.30. The third kappa shape index (κ3) is 3.00. The number of carbonyl (C=O) groups excluding carboxylic acids is 1. The number of aromatic amines is 1. The van der Waals surface area contributed by atoms with Crippen molar-refractivity contribution in [1.82, 2.24) is 14.8 Å². The van der Waals surface area contributed by atoms with E-state index >= 15 is 0 Å². The number of β-amino-alcohol motifs (C(OH)–C–C–N with tert-alkyl or cyclic N) is 1. The lowest BCUT2D eigenvalue weighted by atomic mass is 10.1. The van der Waals surface area contributed by atoms with Crippen LogP contribution < -0.4 is 0 Å². The summed E-state index contributed by atoms with van der Waals surface area (Å²) < 4.78 is 0. The van der Waals surface area contributed by atoms with Crippen LogP contribution in [0.5, 0.6) is 0 Å². The van der Waals surface area contributed by atoms with E-state index in [0.717, 1.165) is 29.6 Å². The summed E-state index contributed by atoms with van der Waals surface area (Å²) >= 11 is 0. The van der Waals surface area contributed by atoms with Crippen molar-refractivity contribution in [3.05, 3.63) is 36.0 Å². The van der Waals surface area contributed by atoms with Gasteiger partial charge in [0.05, 0.1) is 6.10 Å². The highest BCUT2D eigenvalue weighted by Crippen LogP contribution is 2.18. The van der Waals surface area contributed by atoms with E-state index in [1.165, 1.54) is 0 Å². The monoisotopic (exact) mass is 301 g/mol. The molecule has 1 aromatic carbocycles. The van der Waals surface area contributed by atoms with Crippen LogP contribution in [0.3, 0.4) is 0 Å². The van der Waals surface area contributed by atoms with E-state index in [1.807, 2.05) is 35.4 Å². The number of hydrogen-bond donors (Lipinski definition) is 2. The smallest absolute Gasteiger partial charge is 0.254 e. The Balaban J connectivity index is 1.72. The van der Waals surface area contributed by atoms with Crippen LogP contribution >= 0.6 is 0 Å². The van der Waals surface area contributed by atoms with Gasteiger partial charge in [0.15, 0.2) is 0 Å². The van der Waals surface area contributed by atoms with Crippen LogP contribution in [0.25, 0.3) is 10.9 Å². The Morgan fingerprint density at radius 2 is 2.23 bits per heavy atom. The van der Waals surface area contributed by atoms with Crippen molar-refractivity contribution in [2.75, 3.05) is 26.2 Å². The molecule has 0 unspecified atom stereocenters. The Kier molecular flexibility index (Phi) is 4.18. The minimum Gasteiger partial charge on any atom is -0.392 e. The van der Waals surface area contributed by atoms with Gasteiger partial charge in [0.2, 0.25) is 0 Å². The van der Waals surface area contributed by atoms with Crippen LogP contribution in [0.1, 0.15) is 24.2 Å². The fourth-order valence-electron chi connectivity index (χ4n) is 3.22. The summed E-state index contributed by atoms with van der Waals surface area (Å²) in [6.45, 7) is 6.86. The maximum Gasteiger partial charge on any atom is 0.254 e. The average molecular weight is 301 g/mol. The number of aliphatic hydroxyl groups excluding tert-OH is 1. The van der Waals surface area contributed by atoms with Gasteiger partial charge in [-0.05, 0) is 37.4 Å². The molecule has 0 spiro atoms. The number of aromatic nitrogens is 1. The zero-order valence-corrected chi connectivity index (χ0v) is 13.1. The molecular formula is C17H23N3O2. The summed E-state index contributed by atoms with van der Waals surface area (Å²) in [5.74, 6) is 0.0840. The molecule has 5 heteroatoms. The predicted octanol–water partition coefficient (Wildman–Crippen LogP) is 1.70. The number of nitrogens with one attached hydrogen (secondary N) is 1. The molecule has 1 aliphatic rings. The molecule has 5 nitrogen and oxygen atoms in total. The first-order valence-corrected chi connectivity index (χ1v) is 7.83. The molecule has 3 rings (SSSR count). The summed E-state index contributed by atoms with van der Waals surface area (Å²) in [6.07, 6.45) is 1.56. The highest BCUT2D eigenvalue weighted by atomic mass is 16.3. The quantitative estimate of drug-likeness (QED) is 0.907. The van der Waals surface area contributed by atoms with Crippen LogP contribution in [0.2, 0.25) is 0 Å². The minimum atomic E-state index is -0.329. The number of fused-ring (bicyclic) bond motifs is 1. The van der Waals surface area contributed by atoms with E-state index in [9.17, 15) is 9.90 Å². The molecule has 22 heavy (non-hydrogen) atoms. The first-order chi connectivity index (χ1) is 10.5. The van der Waals surface area contributed by atoms with E-state index in [0.29, 0.717) is 13.1 Å². The minimum absolute atomic E-state index is 0.0840. The second-order valence-electron chi connectivity index (χ2n) is 6.24. The Labute approximate surface area is 130 Å². The van der Waals surface area contributed by atoms with Gasteiger partial charge in [-0.15, -0.1) is 0 Å². The van der Waals surface area contributed by atoms with Crippen molar-refractivity contribution in [2.45, 2.75) is 26.0 Å². The van der Waals surface area contributed by atoms with Crippen LogP contribution in [0.15, 0.2) is 30.5 Å². The van der Waals surface area contributed by atoms with Crippen LogP contribution in [0.4, 0.5) is 0 Å². The van der Waals surface area contributed by atoms with Gasteiger partial charge < -0.3 is 15.0 Å². The zero-order valence-electron chi connectivity index (χ0n) is 13.1. The lowest BCUT2D eigenvalue weighted by molar-refractivity contribution is 0.0383. The van der Waals surface area contributed by atoms with Crippen molar-refractivity contribution < 1.29 is 9.90 Å². The Morgan fingerprint density at radius 3 is 2.95 bits per heavy atom. The van der Waals surface area contributed by atoms with Crippen molar-refractivity contribution in [2.24, 2.45) is 0 Å². The van der Waals surface area contributed by atoms with Gasteiger partial charge in [-0.3, -0.25) is 9.69 Å². The molecule has 0 saturated carbocycles. The lowest BCUT2D eigenvalue weighted by Crippen LogP contribution is -2.55. The Morgan fingerprint density at radius 1 is 1.41 bits per heavy atom. The van der Waals surface area contributed by atoms with Crippen molar-refractivity contribution >= 4 is 16.8 Å². The molecule has 0 bridgehead atoms. The lowest BCUT2D eigenvalue weighted by Gasteiger charge is -2.40. The van der Waals surface area contributed by atoms with Crippen molar-refractivity contribution in [1.29, 1.82) is 0 Å². The first-order valence-electron chi connectivity index (χ1n) is 7.83. The summed E-state index contributed by atoms with van der Waals surface area (Å²) in [6, 6.07) is 7.95. The standard InChI is InChI=1S/C17H23N3O2/c1-12-10-19(11-13(2)21)7-8-20(12)17(22)15-4-3-14-5-6-18-16(14)9-15/h3-6,9,12-13,18,21H,7-8,10-11H2,1-2H3/t12-,13+/m1/s1. The third-order valence-corrected chi connectivity index (χ3v) is 4.30. The number of benzene rings is 1. The van der Waals surface area contributed by atoms with Gasteiger partial charge >= 0.3 is 0 Å². The molecule has 1 amide bonds. The van der Waals surface area contributed by atoms with Gasteiger partial charge in [0, 0.05) is 49.5 Å². The van der Waals surface area contributed by atoms with E-state index in [4.69, 9.17) is 0 Å². The number of rotatable bonds is 3. The van der Waals surface area contributed by atoms with Crippen LogP contribution in [-0.2, 0) is 0 Å². The largest absolute Gasteiger partial charge is 0.392 e. The van der Waals surface area contributed by atoms with Gasteiger partial charge in [-0.25, -0.2) is 0 Å². The highest BCUT2D eigenvalue weighted by molar-refractivity contribution is 5.98. The average Bonchev–Trinajstić information content (AvgIpc) is 2.93. The number of carbonyl (C=O) groups is 1. The van der Waals surface area contributed by atoms with Crippen LogP contribution in [-0.4, -0.2) is 64.1 Å². The maximum atomic E-state index is 12.7. The topological polar surface area (TPSA) is 59.6 Å². The highest BCUT2D eigenvalue weighted by Gasteiger charge is 2.28. The van der Waals surface area contributed by atoms with Gasteiger partial charge in [0.1, 0.15) is 0 Å². The molecule has 118 valence electrons. The van der Waals surface area contributed by atoms with Gasteiger partial charge in [0.25, 0.3) is 5.91 Å². The Bertz CT molecular complexity index is 665. The summed E-state index contributed by atoms with van der Waals surface area (Å²) in [5.41, 5.74) is 1.72. The SMILES string of the molecule is C[C@H](O)CN1CCN(C(=O)c2ccc3cc[nH]c3c2)[C@H](C)C1. The van der Waals surface area contributed by atoms with E-state index in [-0.39, 0.29) is 18.1 Å². The number of H-pyrrole nitrogens is 1. The molecule has 1 saturated heterocycles. The molecule has 2 N–H and O–H groups in total. The zero-order chi connectivity index (χ0) is 15.7. The molecule has 1 fully saturated rings. The molecule has 1 aliphatic heterocycles. The normalized spacial score (nSPS) is 21.2. The molecule has 0 aliphatic carbocycles.